The summed E-state index contributed by atoms with van der Waals surface area (Å²) in [5.74, 6) is 0. The van der Waals surface area contributed by atoms with Crippen LogP contribution in [0.1, 0.15) is 0 Å². The first-order valence-corrected chi connectivity index (χ1v) is 5.05. The molecule has 0 atom stereocenters. The highest BCUT2D eigenvalue weighted by atomic mass is 15.0. The standard InChI is InChI=1S/C12H11N5/c1-17-9-14-6-12(17)10-2-4-11(5-3-10)16-8-15-7-13/h2-6,8-9H,1H3,(H,15,16). The molecule has 1 N–H and O–H groups in total. The zero-order valence-corrected chi connectivity index (χ0v) is 9.33. The Kier molecular flexibility index (Phi) is 3.17. The van der Waals surface area contributed by atoms with Crippen LogP contribution in [0.5, 0.6) is 0 Å². The van der Waals surface area contributed by atoms with Gasteiger partial charge in [-0.05, 0) is 17.7 Å². The molecule has 0 saturated carbocycles. The van der Waals surface area contributed by atoms with Crippen LogP contribution in [-0.4, -0.2) is 15.9 Å². The van der Waals surface area contributed by atoms with Crippen LogP contribution in [0.15, 0.2) is 41.8 Å². The summed E-state index contributed by atoms with van der Waals surface area (Å²) in [4.78, 5) is 8.13. The van der Waals surface area contributed by atoms with E-state index in [1.807, 2.05) is 42.1 Å². The maximum absolute atomic E-state index is 8.28. The summed E-state index contributed by atoms with van der Waals surface area (Å²) >= 11 is 0. The van der Waals surface area contributed by atoms with Gasteiger partial charge in [0.05, 0.1) is 23.9 Å². The van der Waals surface area contributed by atoms with Gasteiger partial charge in [-0.25, -0.2) is 9.98 Å². The van der Waals surface area contributed by atoms with Gasteiger partial charge in [0.15, 0.2) is 6.19 Å². The second-order valence-corrected chi connectivity index (χ2v) is 3.45. The smallest absolute Gasteiger partial charge is 0.182 e. The van der Waals surface area contributed by atoms with Crippen molar-refractivity contribution in [3.8, 4) is 17.5 Å². The fourth-order valence-corrected chi connectivity index (χ4v) is 1.49. The Morgan fingerprint density at radius 1 is 1.41 bits per heavy atom. The van der Waals surface area contributed by atoms with E-state index in [1.54, 1.807) is 12.5 Å². The number of hydrogen-bond acceptors (Lipinski definition) is 3. The van der Waals surface area contributed by atoms with Crippen molar-refractivity contribution in [2.75, 3.05) is 0 Å². The number of rotatable bonds is 3. The fourth-order valence-electron chi connectivity index (χ4n) is 1.49. The molecule has 0 aliphatic rings. The molecule has 1 heterocycles. The Morgan fingerprint density at radius 2 is 2.18 bits per heavy atom. The Hall–Kier alpha value is -2.61. The molecule has 5 heteroatoms. The zero-order valence-electron chi connectivity index (χ0n) is 9.33. The summed E-state index contributed by atoms with van der Waals surface area (Å²) in [7, 11) is 1.95. The fraction of sp³-hybridized carbons (Fsp3) is 0.0833. The molecule has 0 aliphatic carbocycles. The van der Waals surface area contributed by atoms with Crippen LogP contribution < -0.4 is 5.32 Å². The van der Waals surface area contributed by atoms with Gasteiger partial charge in [0, 0.05) is 7.05 Å². The summed E-state index contributed by atoms with van der Waals surface area (Å²) in [5.41, 5.74) is 2.92. The van der Waals surface area contributed by atoms with Crippen molar-refractivity contribution in [1.82, 2.24) is 14.9 Å². The Balaban J connectivity index is 2.19. The molecule has 84 valence electrons. The average molecular weight is 225 g/mol. The lowest BCUT2D eigenvalue weighted by molar-refractivity contribution is 0.921. The summed E-state index contributed by atoms with van der Waals surface area (Å²) < 4.78 is 1.95. The van der Waals surface area contributed by atoms with Gasteiger partial charge in [0.1, 0.15) is 6.34 Å². The zero-order chi connectivity index (χ0) is 12.1. The maximum atomic E-state index is 8.28. The third-order valence-electron chi connectivity index (χ3n) is 2.32. The number of nitrogens with one attached hydrogen (secondary N) is 1. The maximum Gasteiger partial charge on any atom is 0.182 e. The lowest BCUT2D eigenvalue weighted by Crippen LogP contribution is -1.98. The lowest BCUT2D eigenvalue weighted by Gasteiger charge is -2.02. The van der Waals surface area contributed by atoms with Crippen molar-refractivity contribution >= 4 is 12.0 Å². The van der Waals surface area contributed by atoms with Gasteiger partial charge in [0.25, 0.3) is 0 Å². The molecule has 1 aromatic heterocycles. The number of hydrogen-bond donors (Lipinski definition) is 1. The molecular formula is C12H11N5. The first-order chi connectivity index (χ1) is 8.31. The van der Waals surface area contributed by atoms with Crippen LogP contribution in [-0.2, 0) is 7.05 Å². The summed E-state index contributed by atoms with van der Waals surface area (Å²) in [6.07, 6.45) is 6.71. The van der Waals surface area contributed by atoms with Crippen LogP contribution >= 0.6 is 0 Å². The molecule has 1 aromatic carbocycles. The minimum atomic E-state index is 0.790. The van der Waals surface area contributed by atoms with E-state index in [9.17, 15) is 0 Å². The Bertz CT molecular complexity index is 559. The molecular weight excluding hydrogens is 214 g/mol. The molecule has 0 unspecified atom stereocenters. The molecule has 0 fully saturated rings. The molecule has 0 bridgehead atoms. The van der Waals surface area contributed by atoms with Crippen LogP contribution in [0.4, 0.5) is 5.69 Å². The van der Waals surface area contributed by atoms with Crippen molar-refractivity contribution in [3.05, 3.63) is 36.8 Å². The second kappa shape index (κ2) is 4.94. The van der Waals surface area contributed by atoms with E-state index < -0.39 is 0 Å². The molecule has 0 aliphatic heterocycles. The summed E-state index contributed by atoms with van der Waals surface area (Å²) in [6, 6.07) is 7.71. The van der Waals surface area contributed by atoms with E-state index in [4.69, 9.17) is 5.26 Å². The minimum absolute atomic E-state index is 0.790. The van der Waals surface area contributed by atoms with E-state index in [2.05, 4.69) is 15.3 Å². The predicted octanol–water partition coefficient (Wildman–Crippen LogP) is 1.82. The molecule has 2 aromatic rings. The monoisotopic (exact) mass is 225 g/mol. The van der Waals surface area contributed by atoms with Gasteiger partial charge in [-0.15, -0.1) is 0 Å². The summed E-state index contributed by atoms with van der Waals surface area (Å²) in [6.45, 7) is 0. The number of aryl methyl sites for hydroxylation is 1. The molecule has 0 saturated heterocycles. The van der Waals surface area contributed by atoms with Crippen molar-refractivity contribution in [2.24, 2.45) is 12.0 Å². The Morgan fingerprint density at radius 3 is 2.76 bits per heavy atom. The molecule has 2 rings (SSSR count). The van der Waals surface area contributed by atoms with Gasteiger partial charge in [-0.3, -0.25) is 5.32 Å². The van der Waals surface area contributed by atoms with Crippen LogP contribution in [0.2, 0.25) is 0 Å². The minimum Gasteiger partial charge on any atom is -0.334 e. The van der Waals surface area contributed by atoms with Gasteiger partial charge >= 0.3 is 0 Å². The third-order valence-corrected chi connectivity index (χ3v) is 2.32. The van der Waals surface area contributed by atoms with Crippen molar-refractivity contribution < 1.29 is 0 Å². The van der Waals surface area contributed by atoms with E-state index in [0.29, 0.717) is 0 Å². The largest absolute Gasteiger partial charge is 0.334 e. The van der Waals surface area contributed by atoms with Crippen molar-refractivity contribution in [3.63, 3.8) is 0 Å². The second-order valence-electron chi connectivity index (χ2n) is 3.45. The highest BCUT2D eigenvalue weighted by molar-refractivity contribution is 5.66. The first-order valence-electron chi connectivity index (χ1n) is 5.05. The van der Waals surface area contributed by atoms with Crippen LogP contribution in [0.25, 0.3) is 11.3 Å². The number of aliphatic imine (C=N–C) groups is 1. The quantitative estimate of drug-likeness (QED) is 0.375. The SMILES string of the molecule is Cn1cncc1-c1ccc(N=CNC#N)cc1. The molecule has 0 radical (unpaired) electrons. The molecule has 5 nitrogen and oxygen atoms in total. The van der Waals surface area contributed by atoms with E-state index in [1.165, 1.54) is 6.34 Å². The topological polar surface area (TPSA) is 66.0 Å². The molecule has 0 amide bonds. The van der Waals surface area contributed by atoms with Crippen LogP contribution in [0.3, 0.4) is 0 Å². The number of nitrogens with zero attached hydrogens (tertiary/aromatic N) is 4. The normalized spacial score (nSPS) is 10.4. The van der Waals surface area contributed by atoms with E-state index >= 15 is 0 Å². The Labute approximate surface area is 99.1 Å². The van der Waals surface area contributed by atoms with Gasteiger partial charge in [-0.1, -0.05) is 12.1 Å². The van der Waals surface area contributed by atoms with Gasteiger partial charge in [0.2, 0.25) is 0 Å². The first kappa shape index (κ1) is 10.9. The lowest BCUT2D eigenvalue weighted by atomic mass is 10.1. The van der Waals surface area contributed by atoms with E-state index in [0.717, 1.165) is 16.9 Å². The van der Waals surface area contributed by atoms with Crippen molar-refractivity contribution in [2.45, 2.75) is 0 Å². The van der Waals surface area contributed by atoms with E-state index in [-0.39, 0.29) is 0 Å². The van der Waals surface area contributed by atoms with Gasteiger partial charge in [-0.2, -0.15) is 5.26 Å². The predicted molar refractivity (Wildman–Crippen MR) is 65.5 cm³/mol. The number of benzene rings is 1. The summed E-state index contributed by atoms with van der Waals surface area (Å²) in [5, 5.41) is 10.6. The van der Waals surface area contributed by atoms with Crippen LogP contribution in [0, 0.1) is 11.5 Å². The highest BCUT2D eigenvalue weighted by Crippen LogP contribution is 2.21. The third kappa shape index (κ3) is 2.49. The number of nitriles is 1. The molecule has 0 spiro atoms. The molecule has 17 heavy (non-hydrogen) atoms. The van der Waals surface area contributed by atoms with Crippen molar-refractivity contribution in [1.29, 1.82) is 5.26 Å². The average Bonchev–Trinajstić information content (AvgIpc) is 2.77. The number of aromatic nitrogens is 2. The highest BCUT2D eigenvalue weighted by Gasteiger charge is 2.01. The van der Waals surface area contributed by atoms with Gasteiger partial charge < -0.3 is 4.57 Å². The number of imidazole rings is 1.